The summed E-state index contributed by atoms with van der Waals surface area (Å²) in [5, 5.41) is 0. The van der Waals surface area contributed by atoms with Gasteiger partial charge in [0.25, 0.3) is 0 Å². The van der Waals surface area contributed by atoms with Crippen LogP contribution in [0.4, 0.5) is 5.69 Å². The number of anilines is 1. The number of benzene rings is 2. The minimum absolute atomic E-state index is 0.616. The van der Waals surface area contributed by atoms with E-state index in [2.05, 4.69) is 20.8 Å². The molecule has 3 nitrogen and oxygen atoms in total. The van der Waals surface area contributed by atoms with E-state index in [9.17, 15) is 0 Å². The Kier molecular flexibility index (Phi) is 5.30. The first-order chi connectivity index (χ1) is 9.70. The largest absolute Gasteiger partial charge is 0.495 e. The second kappa shape index (κ2) is 7.20. The van der Waals surface area contributed by atoms with Crippen LogP contribution in [0.2, 0.25) is 0 Å². The SMILES string of the molecule is COc1ccccc1N(C)CCOc1cccc(Br)c1. The van der Waals surface area contributed by atoms with Crippen molar-refractivity contribution >= 4 is 21.6 Å². The van der Waals surface area contributed by atoms with Crippen LogP contribution in [-0.2, 0) is 0 Å². The summed E-state index contributed by atoms with van der Waals surface area (Å²) in [5.74, 6) is 1.74. The Morgan fingerprint density at radius 3 is 2.65 bits per heavy atom. The van der Waals surface area contributed by atoms with E-state index >= 15 is 0 Å². The Morgan fingerprint density at radius 2 is 1.90 bits per heavy atom. The van der Waals surface area contributed by atoms with E-state index in [0.29, 0.717) is 6.61 Å². The molecule has 2 aromatic carbocycles. The highest BCUT2D eigenvalue weighted by Gasteiger charge is 2.07. The molecule has 0 amide bonds. The molecule has 0 atom stereocenters. The number of halogens is 1. The van der Waals surface area contributed by atoms with Crippen LogP contribution in [0.5, 0.6) is 11.5 Å². The fourth-order valence-electron chi connectivity index (χ4n) is 1.92. The van der Waals surface area contributed by atoms with Gasteiger partial charge in [-0.3, -0.25) is 0 Å². The fraction of sp³-hybridized carbons (Fsp3) is 0.250. The smallest absolute Gasteiger partial charge is 0.142 e. The van der Waals surface area contributed by atoms with Crippen LogP contribution in [0.25, 0.3) is 0 Å². The van der Waals surface area contributed by atoms with Crippen molar-refractivity contribution in [2.45, 2.75) is 0 Å². The quantitative estimate of drug-likeness (QED) is 0.797. The third-order valence-electron chi connectivity index (χ3n) is 2.99. The van der Waals surface area contributed by atoms with E-state index in [1.165, 1.54) is 0 Å². The molecule has 20 heavy (non-hydrogen) atoms. The Balaban J connectivity index is 1.90. The number of para-hydroxylation sites is 2. The van der Waals surface area contributed by atoms with E-state index in [-0.39, 0.29) is 0 Å². The summed E-state index contributed by atoms with van der Waals surface area (Å²) in [6.07, 6.45) is 0. The molecule has 0 heterocycles. The topological polar surface area (TPSA) is 21.7 Å². The zero-order chi connectivity index (χ0) is 14.4. The normalized spacial score (nSPS) is 10.2. The molecule has 0 aliphatic heterocycles. The molecule has 2 rings (SSSR count). The molecule has 0 saturated heterocycles. The van der Waals surface area contributed by atoms with Gasteiger partial charge in [0.2, 0.25) is 0 Å². The Bertz CT molecular complexity index is 560. The van der Waals surface area contributed by atoms with Gasteiger partial charge >= 0.3 is 0 Å². The van der Waals surface area contributed by atoms with Crippen LogP contribution in [-0.4, -0.2) is 27.3 Å². The van der Waals surface area contributed by atoms with Crippen molar-refractivity contribution in [3.05, 3.63) is 53.0 Å². The minimum atomic E-state index is 0.616. The first kappa shape index (κ1) is 14.7. The molecule has 0 spiro atoms. The standard InChI is InChI=1S/C16H18BrNO2/c1-18(15-8-3-4-9-16(15)19-2)10-11-20-14-7-5-6-13(17)12-14/h3-9,12H,10-11H2,1-2H3. The van der Waals surface area contributed by atoms with Gasteiger partial charge in [0.15, 0.2) is 0 Å². The lowest BCUT2D eigenvalue weighted by Gasteiger charge is -2.21. The van der Waals surface area contributed by atoms with Gasteiger partial charge in [0.05, 0.1) is 19.3 Å². The first-order valence-corrected chi connectivity index (χ1v) is 7.22. The Morgan fingerprint density at radius 1 is 1.10 bits per heavy atom. The monoisotopic (exact) mass is 335 g/mol. The molecular formula is C16H18BrNO2. The number of likely N-dealkylation sites (N-methyl/N-ethyl adjacent to an activating group) is 1. The van der Waals surface area contributed by atoms with Crippen molar-refractivity contribution in [2.24, 2.45) is 0 Å². The Hall–Kier alpha value is -1.68. The molecule has 0 aromatic heterocycles. The van der Waals surface area contributed by atoms with Crippen molar-refractivity contribution in [3.8, 4) is 11.5 Å². The van der Waals surface area contributed by atoms with Gasteiger partial charge < -0.3 is 14.4 Å². The number of ether oxygens (including phenoxy) is 2. The fourth-order valence-corrected chi connectivity index (χ4v) is 2.30. The summed E-state index contributed by atoms with van der Waals surface area (Å²) in [4.78, 5) is 2.12. The van der Waals surface area contributed by atoms with Gasteiger partial charge in [0.1, 0.15) is 18.1 Å². The van der Waals surface area contributed by atoms with Gasteiger partial charge in [-0.05, 0) is 30.3 Å². The third-order valence-corrected chi connectivity index (χ3v) is 3.48. The predicted octanol–water partition coefficient (Wildman–Crippen LogP) is 3.97. The summed E-state index contributed by atoms with van der Waals surface area (Å²) in [6.45, 7) is 1.40. The lowest BCUT2D eigenvalue weighted by atomic mass is 10.2. The van der Waals surface area contributed by atoms with Gasteiger partial charge in [-0.25, -0.2) is 0 Å². The molecule has 0 aliphatic rings. The average molecular weight is 336 g/mol. The molecule has 0 radical (unpaired) electrons. The number of hydrogen-bond acceptors (Lipinski definition) is 3. The maximum absolute atomic E-state index is 5.74. The molecule has 0 bridgehead atoms. The van der Waals surface area contributed by atoms with E-state index < -0.39 is 0 Å². The van der Waals surface area contributed by atoms with Crippen LogP contribution >= 0.6 is 15.9 Å². The summed E-state index contributed by atoms with van der Waals surface area (Å²) in [5.41, 5.74) is 1.06. The number of rotatable bonds is 6. The van der Waals surface area contributed by atoms with Crippen LogP contribution in [0.15, 0.2) is 53.0 Å². The maximum atomic E-state index is 5.74. The highest BCUT2D eigenvalue weighted by Crippen LogP contribution is 2.26. The van der Waals surface area contributed by atoms with Gasteiger partial charge in [-0.15, -0.1) is 0 Å². The molecular weight excluding hydrogens is 318 g/mol. The lowest BCUT2D eigenvalue weighted by molar-refractivity contribution is 0.325. The van der Waals surface area contributed by atoms with Crippen LogP contribution in [0.1, 0.15) is 0 Å². The summed E-state index contributed by atoms with van der Waals surface area (Å²) in [7, 11) is 3.72. The van der Waals surface area contributed by atoms with Gasteiger partial charge in [-0.2, -0.15) is 0 Å². The third kappa shape index (κ3) is 3.90. The number of hydrogen-bond donors (Lipinski definition) is 0. The van der Waals surface area contributed by atoms with Crippen LogP contribution in [0.3, 0.4) is 0 Å². The van der Waals surface area contributed by atoms with E-state index in [4.69, 9.17) is 9.47 Å². The van der Waals surface area contributed by atoms with Crippen molar-refractivity contribution in [1.29, 1.82) is 0 Å². The van der Waals surface area contributed by atoms with Crippen LogP contribution < -0.4 is 14.4 Å². The van der Waals surface area contributed by atoms with E-state index in [1.54, 1.807) is 7.11 Å². The second-order valence-electron chi connectivity index (χ2n) is 4.40. The molecule has 0 N–H and O–H groups in total. The molecule has 2 aromatic rings. The second-order valence-corrected chi connectivity index (χ2v) is 5.31. The molecule has 0 unspecified atom stereocenters. The van der Waals surface area contributed by atoms with Crippen LogP contribution in [0, 0.1) is 0 Å². The maximum Gasteiger partial charge on any atom is 0.142 e. The van der Waals surface area contributed by atoms with E-state index in [0.717, 1.165) is 28.2 Å². The van der Waals surface area contributed by atoms with Crippen molar-refractivity contribution in [3.63, 3.8) is 0 Å². The molecule has 106 valence electrons. The lowest BCUT2D eigenvalue weighted by Crippen LogP contribution is -2.24. The molecule has 0 fully saturated rings. The zero-order valence-corrected chi connectivity index (χ0v) is 13.3. The van der Waals surface area contributed by atoms with Crippen molar-refractivity contribution in [1.82, 2.24) is 0 Å². The summed E-state index contributed by atoms with van der Waals surface area (Å²) in [6, 6.07) is 15.8. The van der Waals surface area contributed by atoms with Crippen molar-refractivity contribution in [2.75, 3.05) is 32.2 Å². The van der Waals surface area contributed by atoms with E-state index in [1.807, 2.05) is 55.6 Å². The summed E-state index contributed by atoms with van der Waals surface area (Å²) < 4.78 is 12.1. The molecule has 0 aliphatic carbocycles. The predicted molar refractivity (Wildman–Crippen MR) is 85.9 cm³/mol. The highest BCUT2D eigenvalue weighted by molar-refractivity contribution is 9.10. The minimum Gasteiger partial charge on any atom is -0.495 e. The molecule has 4 heteroatoms. The molecule has 0 saturated carbocycles. The Labute approximate surface area is 128 Å². The zero-order valence-electron chi connectivity index (χ0n) is 11.7. The van der Waals surface area contributed by atoms with Gasteiger partial charge in [0, 0.05) is 11.5 Å². The highest BCUT2D eigenvalue weighted by atomic mass is 79.9. The van der Waals surface area contributed by atoms with Gasteiger partial charge in [-0.1, -0.05) is 34.1 Å². The average Bonchev–Trinajstić information content (AvgIpc) is 2.47. The number of methoxy groups -OCH3 is 1. The van der Waals surface area contributed by atoms with Crippen molar-refractivity contribution < 1.29 is 9.47 Å². The summed E-state index contributed by atoms with van der Waals surface area (Å²) >= 11 is 3.43. The first-order valence-electron chi connectivity index (χ1n) is 6.43. The number of nitrogens with zero attached hydrogens (tertiary/aromatic N) is 1.